The lowest BCUT2D eigenvalue weighted by Crippen LogP contribution is -2.38. The minimum absolute atomic E-state index is 0.0439. The van der Waals surface area contributed by atoms with Gasteiger partial charge in [-0.1, -0.05) is 26.0 Å². The highest BCUT2D eigenvalue weighted by molar-refractivity contribution is 7.17. The molecule has 0 radical (unpaired) electrons. The number of likely N-dealkylation sites (tertiary alicyclic amines) is 1. The number of hydrogen-bond acceptors (Lipinski definition) is 5. The summed E-state index contributed by atoms with van der Waals surface area (Å²) in [5.74, 6) is 1.69. The second-order valence-corrected chi connectivity index (χ2v) is 10.3. The third kappa shape index (κ3) is 5.15. The Kier molecular flexibility index (Phi) is 7.16. The number of ether oxygens (including phenoxy) is 1. The van der Waals surface area contributed by atoms with Gasteiger partial charge in [0.05, 0.1) is 24.9 Å². The van der Waals surface area contributed by atoms with Crippen LogP contribution >= 0.6 is 11.3 Å². The van der Waals surface area contributed by atoms with E-state index < -0.39 is 0 Å². The highest BCUT2D eigenvalue weighted by Crippen LogP contribution is 2.40. The van der Waals surface area contributed by atoms with Crippen LogP contribution in [0.4, 0.5) is 10.7 Å². The van der Waals surface area contributed by atoms with Gasteiger partial charge in [-0.15, -0.1) is 11.3 Å². The molecular formula is C25H33N3O3S. The second kappa shape index (κ2) is 10.0. The number of thiophene rings is 1. The fourth-order valence-corrected chi connectivity index (χ4v) is 6.03. The average Bonchev–Trinajstić information content (AvgIpc) is 3.12. The van der Waals surface area contributed by atoms with E-state index in [1.54, 1.807) is 18.4 Å². The number of nitrogens with zero attached hydrogens (tertiary/aromatic N) is 1. The zero-order valence-electron chi connectivity index (χ0n) is 19.2. The highest BCUT2D eigenvalue weighted by Gasteiger charge is 2.29. The first kappa shape index (κ1) is 22.8. The van der Waals surface area contributed by atoms with Crippen molar-refractivity contribution < 1.29 is 14.3 Å². The summed E-state index contributed by atoms with van der Waals surface area (Å²) in [5, 5.41) is 6.76. The summed E-state index contributed by atoms with van der Waals surface area (Å²) in [7, 11) is 1.59. The molecule has 32 heavy (non-hydrogen) atoms. The Morgan fingerprint density at radius 2 is 1.84 bits per heavy atom. The number of nitrogens with one attached hydrogen (secondary N) is 2. The van der Waals surface area contributed by atoms with E-state index >= 15 is 0 Å². The molecular weight excluding hydrogens is 422 g/mol. The quantitative estimate of drug-likeness (QED) is 0.656. The Balaban J connectivity index is 1.55. The van der Waals surface area contributed by atoms with Gasteiger partial charge in [0.25, 0.3) is 5.91 Å². The predicted octanol–water partition coefficient (Wildman–Crippen LogP) is 4.80. The first-order chi connectivity index (χ1) is 15.4. The molecule has 0 saturated carbocycles. The van der Waals surface area contributed by atoms with E-state index in [9.17, 15) is 9.59 Å². The molecule has 1 saturated heterocycles. The average molecular weight is 456 g/mol. The Bertz CT molecular complexity index is 979. The fourth-order valence-electron chi connectivity index (χ4n) is 4.60. The number of benzene rings is 1. The standard InChI is InChI=1S/C25H33N3O3S/c1-16-10-12-28(13-11-16)15-22(29)27-25-23(18-9-8-17(2)14-21(18)32-25)24(30)26-19-6-4-5-7-20(19)31-3/h4-7,16-17H,8-15H2,1-3H3,(H,26,30)(H,27,29)/t17-/m0/s1. The lowest BCUT2D eigenvalue weighted by molar-refractivity contribution is -0.117. The van der Waals surface area contributed by atoms with E-state index in [-0.39, 0.29) is 11.8 Å². The first-order valence-electron chi connectivity index (χ1n) is 11.6. The molecule has 1 aromatic carbocycles. The van der Waals surface area contributed by atoms with Gasteiger partial charge in [-0.25, -0.2) is 0 Å². The van der Waals surface area contributed by atoms with E-state index in [0.717, 1.165) is 56.7 Å². The topological polar surface area (TPSA) is 70.7 Å². The Morgan fingerprint density at radius 1 is 1.09 bits per heavy atom. The van der Waals surface area contributed by atoms with E-state index in [2.05, 4.69) is 29.4 Å². The number of piperidine rings is 1. The van der Waals surface area contributed by atoms with Crippen LogP contribution in [0.15, 0.2) is 24.3 Å². The van der Waals surface area contributed by atoms with E-state index in [1.165, 1.54) is 4.88 Å². The van der Waals surface area contributed by atoms with Crippen molar-refractivity contribution in [3.05, 3.63) is 40.3 Å². The minimum atomic E-state index is -0.191. The van der Waals surface area contributed by atoms with Crippen molar-refractivity contribution in [3.63, 3.8) is 0 Å². The minimum Gasteiger partial charge on any atom is -0.495 e. The summed E-state index contributed by atoms with van der Waals surface area (Å²) >= 11 is 1.56. The van der Waals surface area contributed by atoms with Gasteiger partial charge in [0, 0.05) is 4.88 Å². The number of carbonyl (C=O) groups excluding carboxylic acids is 2. The number of hydrogen-bond donors (Lipinski definition) is 2. The molecule has 2 amide bonds. The van der Waals surface area contributed by atoms with Gasteiger partial charge in [0.2, 0.25) is 5.91 Å². The van der Waals surface area contributed by atoms with Crippen LogP contribution in [0.25, 0.3) is 0 Å². The van der Waals surface area contributed by atoms with Gasteiger partial charge < -0.3 is 15.4 Å². The summed E-state index contributed by atoms with van der Waals surface area (Å²) < 4.78 is 5.39. The van der Waals surface area contributed by atoms with Gasteiger partial charge in [-0.3, -0.25) is 14.5 Å². The molecule has 1 atom stereocenters. The van der Waals surface area contributed by atoms with Crippen LogP contribution in [-0.2, 0) is 17.6 Å². The third-order valence-electron chi connectivity index (χ3n) is 6.59. The summed E-state index contributed by atoms with van der Waals surface area (Å²) in [6.07, 6.45) is 5.13. The number of carbonyl (C=O) groups is 2. The third-order valence-corrected chi connectivity index (χ3v) is 7.76. The van der Waals surface area contributed by atoms with Crippen molar-refractivity contribution in [3.8, 4) is 5.75 Å². The number of methoxy groups -OCH3 is 1. The summed E-state index contributed by atoms with van der Waals surface area (Å²) in [6.45, 7) is 6.79. The van der Waals surface area contributed by atoms with Crippen molar-refractivity contribution >= 4 is 33.8 Å². The zero-order chi connectivity index (χ0) is 22.7. The van der Waals surface area contributed by atoms with Crippen molar-refractivity contribution in [2.24, 2.45) is 11.8 Å². The Morgan fingerprint density at radius 3 is 2.59 bits per heavy atom. The van der Waals surface area contributed by atoms with Crippen LogP contribution in [0.3, 0.4) is 0 Å². The lowest BCUT2D eigenvalue weighted by atomic mass is 9.88. The van der Waals surface area contributed by atoms with Crippen molar-refractivity contribution in [1.82, 2.24) is 4.90 Å². The molecule has 1 aliphatic heterocycles. The molecule has 2 aliphatic rings. The predicted molar refractivity (Wildman–Crippen MR) is 130 cm³/mol. The molecule has 172 valence electrons. The Hall–Kier alpha value is -2.38. The molecule has 0 spiro atoms. The molecule has 6 nitrogen and oxygen atoms in total. The van der Waals surface area contributed by atoms with Crippen molar-refractivity contribution in [2.75, 3.05) is 37.4 Å². The number of para-hydroxylation sites is 2. The molecule has 2 N–H and O–H groups in total. The monoisotopic (exact) mass is 455 g/mol. The first-order valence-corrected chi connectivity index (χ1v) is 12.4. The van der Waals surface area contributed by atoms with Gasteiger partial charge in [0.1, 0.15) is 10.8 Å². The number of amides is 2. The van der Waals surface area contributed by atoms with Gasteiger partial charge >= 0.3 is 0 Å². The maximum atomic E-state index is 13.4. The Labute approximate surface area is 194 Å². The maximum Gasteiger partial charge on any atom is 0.259 e. The van der Waals surface area contributed by atoms with Crippen LogP contribution in [-0.4, -0.2) is 43.5 Å². The van der Waals surface area contributed by atoms with Gasteiger partial charge in [-0.2, -0.15) is 0 Å². The van der Waals surface area contributed by atoms with E-state index in [1.807, 2.05) is 24.3 Å². The van der Waals surface area contributed by atoms with Crippen LogP contribution in [0.2, 0.25) is 0 Å². The summed E-state index contributed by atoms with van der Waals surface area (Å²) in [4.78, 5) is 29.7. The fraction of sp³-hybridized carbons (Fsp3) is 0.520. The van der Waals surface area contributed by atoms with Crippen LogP contribution in [0.1, 0.15) is 53.9 Å². The molecule has 7 heteroatoms. The summed E-state index contributed by atoms with van der Waals surface area (Å²) in [5.41, 5.74) is 2.33. The van der Waals surface area contributed by atoms with Crippen LogP contribution < -0.4 is 15.4 Å². The summed E-state index contributed by atoms with van der Waals surface area (Å²) in [6, 6.07) is 7.39. The molecule has 1 aromatic heterocycles. The molecule has 2 aromatic rings. The maximum absolute atomic E-state index is 13.4. The van der Waals surface area contributed by atoms with Crippen LogP contribution in [0, 0.1) is 11.8 Å². The van der Waals surface area contributed by atoms with Gasteiger partial charge in [0.15, 0.2) is 0 Å². The number of rotatable bonds is 6. The largest absolute Gasteiger partial charge is 0.495 e. The van der Waals surface area contributed by atoms with Gasteiger partial charge in [-0.05, 0) is 74.7 Å². The lowest BCUT2D eigenvalue weighted by Gasteiger charge is -2.29. The molecule has 0 bridgehead atoms. The normalized spacial score (nSPS) is 19.3. The van der Waals surface area contributed by atoms with E-state index in [4.69, 9.17) is 4.74 Å². The smallest absolute Gasteiger partial charge is 0.259 e. The van der Waals surface area contributed by atoms with Crippen molar-refractivity contribution in [2.45, 2.75) is 46.0 Å². The molecule has 4 rings (SSSR count). The van der Waals surface area contributed by atoms with E-state index in [0.29, 0.717) is 34.5 Å². The number of fused-ring (bicyclic) bond motifs is 1. The highest BCUT2D eigenvalue weighted by atomic mass is 32.1. The molecule has 0 unspecified atom stereocenters. The molecule has 2 heterocycles. The van der Waals surface area contributed by atoms with Crippen molar-refractivity contribution in [1.29, 1.82) is 0 Å². The second-order valence-electron chi connectivity index (χ2n) is 9.22. The molecule has 1 aliphatic carbocycles. The zero-order valence-corrected chi connectivity index (χ0v) is 20.0. The SMILES string of the molecule is COc1ccccc1NC(=O)c1c(NC(=O)CN2CCC(C)CC2)sc2c1CC[C@H](C)C2. The molecule has 1 fully saturated rings. The number of anilines is 2. The van der Waals surface area contributed by atoms with Crippen LogP contribution in [0.5, 0.6) is 5.75 Å².